The van der Waals surface area contributed by atoms with Gasteiger partial charge in [0, 0.05) is 13.2 Å². The Kier molecular flexibility index (Phi) is 3.73. The molecule has 1 atom stereocenters. The number of ether oxygens (including phenoxy) is 1. The smallest absolute Gasteiger partial charge is 0.244 e. The van der Waals surface area contributed by atoms with Crippen molar-refractivity contribution in [2.45, 2.75) is 64.3 Å². The second kappa shape index (κ2) is 4.94. The molecule has 1 unspecified atom stereocenters. The average Bonchev–Trinajstić information content (AvgIpc) is 2.98. The van der Waals surface area contributed by atoms with Crippen molar-refractivity contribution in [3.05, 3.63) is 0 Å². The Bertz CT molecular complexity index is 287. The van der Waals surface area contributed by atoms with Crippen LogP contribution in [0.5, 0.6) is 0 Å². The van der Waals surface area contributed by atoms with Crippen LogP contribution in [0.1, 0.15) is 46.5 Å². The molecule has 1 N–H and O–H groups in total. The number of carbonyl (C=O) groups is 1. The number of carbonyl (C=O) groups excluding carboxylic acids is 1. The van der Waals surface area contributed by atoms with E-state index in [9.17, 15) is 4.79 Å². The molecule has 17 heavy (non-hydrogen) atoms. The Labute approximate surface area is 104 Å². The summed E-state index contributed by atoms with van der Waals surface area (Å²) in [4.78, 5) is 14.1. The van der Waals surface area contributed by atoms with Gasteiger partial charge in [0.25, 0.3) is 0 Å². The molecule has 2 rings (SSSR count). The first kappa shape index (κ1) is 12.8. The SMILES string of the molecule is CC(C)OCCCCN1C(=O)C2(CC2)NC1C. The lowest BCUT2D eigenvalue weighted by molar-refractivity contribution is -0.130. The summed E-state index contributed by atoms with van der Waals surface area (Å²) in [7, 11) is 0. The third-order valence-corrected chi connectivity index (χ3v) is 3.62. The highest BCUT2D eigenvalue weighted by Crippen LogP contribution is 2.41. The molecule has 1 aliphatic heterocycles. The highest BCUT2D eigenvalue weighted by Gasteiger charge is 2.57. The van der Waals surface area contributed by atoms with E-state index in [2.05, 4.69) is 12.2 Å². The summed E-state index contributed by atoms with van der Waals surface area (Å²) in [5.41, 5.74) is -0.159. The van der Waals surface area contributed by atoms with E-state index in [4.69, 9.17) is 4.74 Å². The summed E-state index contributed by atoms with van der Waals surface area (Å²) in [5, 5.41) is 3.41. The van der Waals surface area contributed by atoms with Crippen LogP contribution in [0.3, 0.4) is 0 Å². The summed E-state index contributed by atoms with van der Waals surface area (Å²) in [5.74, 6) is 0.315. The van der Waals surface area contributed by atoms with Crippen LogP contribution >= 0.6 is 0 Å². The second-order valence-corrected chi connectivity index (χ2v) is 5.53. The van der Waals surface area contributed by atoms with Gasteiger partial charge in [0.1, 0.15) is 0 Å². The van der Waals surface area contributed by atoms with Gasteiger partial charge in [-0.05, 0) is 46.5 Å². The van der Waals surface area contributed by atoms with E-state index < -0.39 is 0 Å². The summed E-state index contributed by atoms with van der Waals surface area (Å²) in [6, 6.07) is 0. The van der Waals surface area contributed by atoms with E-state index in [0.29, 0.717) is 12.0 Å². The molecule has 1 amide bonds. The predicted octanol–water partition coefficient (Wildman–Crippen LogP) is 1.50. The van der Waals surface area contributed by atoms with Crippen molar-refractivity contribution < 1.29 is 9.53 Å². The van der Waals surface area contributed by atoms with Crippen molar-refractivity contribution in [3.63, 3.8) is 0 Å². The summed E-state index contributed by atoms with van der Waals surface area (Å²) in [6.45, 7) is 7.83. The van der Waals surface area contributed by atoms with Gasteiger partial charge in [-0.2, -0.15) is 0 Å². The fraction of sp³-hybridized carbons (Fsp3) is 0.923. The van der Waals surface area contributed by atoms with Crippen molar-refractivity contribution in [1.29, 1.82) is 0 Å². The van der Waals surface area contributed by atoms with E-state index in [1.165, 1.54) is 0 Å². The normalized spacial score (nSPS) is 26.2. The van der Waals surface area contributed by atoms with E-state index in [0.717, 1.165) is 38.8 Å². The Hall–Kier alpha value is -0.610. The van der Waals surface area contributed by atoms with Gasteiger partial charge in [-0.1, -0.05) is 0 Å². The topological polar surface area (TPSA) is 41.6 Å². The van der Waals surface area contributed by atoms with Crippen LogP contribution in [0.2, 0.25) is 0 Å². The molecule has 0 aromatic carbocycles. The summed E-state index contributed by atoms with van der Waals surface area (Å²) in [6.07, 6.45) is 4.60. The molecule has 1 saturated carbocycles. The number of amides is 1. The summed E-state index contributed by atoms with van der Waals surface area (Å²) < 4.78 is 5.49. The fourth-order valence-corrected chi connectivity index (χ4v) is 2.47. The number of unbranched alkanes of at least 4 members (excludes halogenated alkanes) is 1. The van der Waals surface area contributed by atoms with Gasteiger partial charge in [0.15, 0.2) is 0 Å². The van der Waals surface area contributed by atoms with E-state index in [-0.39, 0.29) is 11.7 Å². The molecular formula is C13H24N2O2. The lowest BCUT2D eigenvalue weighted by Gasteiger charge is -2.20. The van der Waals surface area contributed by atoms with Crippen LogP contribution in [0.25, 0.3) is 0 Å². The second-order valence-electron chi connectivity index (χ2n) is 5.53. The molecule has 2 fully saturated rings. The first-order valence-electron chi connectivity index (χ1n) is 6.75. The van der Waals surface area contributed by atoms with Crippen LogP contribution < -0.4 is 5.32 Å². The molecule has 0 bridgehead atoms. The number of hydrogen-bond donors (Lipinski definition) is 1. The quantitative estimate of drug-likeness (QED) is 0.715. The van der Waals surface area contributed by atoms with Crippen LogP contribution in [0, 0.1) is 0 Å². The number of nitrogens with one attached hydrogen (secondary N) is 1. The predicted molar refractivity (Wildman–Crippen MR) is 66.6 cm³/mol. The molecule has 0 radical (unpaired) electrons. The average molecular weight is 240 g/mol. The van der Waals surface area contributed by atoms with Crippen LogP contribution in [0.4, 0.5) is 0 Å². The van der Waals surface area contributed by atoms with Crippen molar-refractivity contribution in [2.24, 2.45) is 0 Å². The molecule has 4 nitrogen and oxygen atoms in total. The number of hydrogen-bond acceptors (Lipinski definition) is 3. The Morgan fingerprint density at radius 2 is 2.18 bits per heavy atom. The van der Waals surface area contributed by atoms with Crippen molar-refractivity contribution in [1.82, 2.24) is 10.2 Å². The largest absolute Gasteiger partial charge is 0.379 e. The maximum absolute atomic E-state index is 12.1. The van der Waals surface area contributed by atoms with Crippen molar-refractivity contribution >= 4 is 5.91 Å². The molecule has 1 aliphatic carbocycles. The molecule has 4 heteroatoms. The maximum atomic E-state index is 12.1. The first-order valence-corrected chi connectivity index (χ1v) is 6.75. The van der Waals surface area contributed by atoms with E-state index in [1.807, 2.05) is 18.7 Å². The third kappa shape index (κ3) is 2.80. The van der Waals surface area contributed by atoms with Gasteiger partial charge in [-0.3, -0.25) is 10.1 Å². The van der Waals surface area contributed by atoms with Crippen LogP contribution in [0.15, 0.2) is 0 Å². The Morgan fingerprint density at radius 1 is 1.47 bits per heavy atom. The minimum Gasteiger partial charge on any atom is -0.379 e. The van der Waals surface area contributed by atoms with Crippen molar-refractivity contribution in [2.75, 3.05) is 13.2 Å². The highest BCUT2D eigenvalue weighted by atomic mass is 16.5. The molecule has 1 saturated heterocycles. The molecule has 1 spiro atoms. The lowest BCUT2D eigenvalue weighted by Crippen LogP contribution is -2.35. The zero-order valence-electron chi connectivity index (χ0n) is 11.2. The molecule has 0 aromatic rings. The van der Waals surface area contributed by atoms with Gasteiger partial charge in [-0.15, -0.1) is 0 Å². The third-order valence-electron chi connectivity index (χ3n) is 3.62. The van der Waals surface area contributed by atoms with Gasteiger partial charge >= 0.3 is 0 Å². The molecule has 98 valence electrons. The molecular weight excluding hydrogens is 216 g/mol. The molecule has 1 heterocycles. The van der Waals surface area contributed by atoms with Gasteiger partial charge in [-0.25, -0.2) is 0 Å². The highest BCUT2D eigenvalue weighted by molar-refractivity contribution is 5.91. The van der Waals surface area contributed by atoms with E-state index >= 15 is 0 Å². The fourth-order valence-electron chi connectivity index (χ4n) is 2.47. The standard InChI is InChI=1S/C13H24N2O2/c1-10(2)17-9-5-4-8-15-11(3)14-13(6-7-13)12(15)16/h10-11,14H,4-9H2,1-3H3. The minimum absolute atomic E-state index is 0.159. The monoisotopic (exact) mass is 240 g/mol. The van der Waals surface area contributed by atoms with Gasteiger partial charge < -0.3 is 9.64 Å². The lowest BCUT2D eigenvalue weighted by atomic mass is 10.2. The molecule has 2 aliphatic rings. The van der Waals surface area contributed by atoms with Crippen LogP contribution in [-0.4, -0.2) is 41.8 Å². The van der Waals surface area contributed by atoms with Crippen LogP contribution in [-0.2, 0) is 9.53 Å². The number of rotatable bonds is 6. The Morgan fingerprint density at radius 3 is 2.71 bits per heavy atom. The van der Waals surface area contributed by atoms with Gasteiger partial charge in [0.05, 0.1) is 17.8 Å². The number of nitrogens with zero attached hydrogens (tertiary/aromatic N) is 1. The van der Waals surface area contributed by atoms with Crippen molar-refractivity contribution in [3.8, 4) is 0 Å². The molecule has 0 aromatic heterocycles. The first-order chi connectivity index (χ1) is 8.05. The minimum atomic E-state index is -0.159. The van der Waals surface area contributed by atoms with E-state index in [1.54, 1.807) is 0 Å². The Balaban J connectivity index is 1.67. The summed E-state index contributed by atoms with van der Waals surface area (Å²) >= 11 is 0. The zero-order chi connectivity index (χ0) is 12.5. The van der Waals surface area contributed by atoms with Gasteiger partial charge in [0.2, 0.25) is 5.91 Å². The maximum Gasteiger partial charge on any atom is 0.244 e. The zero-order valence-corrected chi connectivity index (χ0v) is 11.2.